The van der Waals surface area contributed by atoms with Crippen molar-refractivity contribution in [3.05, 3.63) is 90.3 Å². The summed E-state index contributed by atoms with van der Waals surface area (Å²) >= 11 is 0. The first-order valence-electron chi connectivity index (χ1n) is 9.57. The van der Waals surface area contributed by atoms with Gasteiger partial charge < -0.3 is 15.2 Å². The van der Waals surface area contributed by atoms with E-state index < -0.39 is 17.9 Å². The van der Waals surface area contributed by atoms with Gasteiger partial charge in [-0.1, -0.05) is 54.6 Å². The molecule has 31 heavy (non-hydrogen) atoms. The Morgan fingerprint density at radius 1 is 0.968 bits per heavy atom. The van der Waals surface area contributed by atoms with E-state index in [0.717, 1.165) is 0 Å². The van der Waals surface area contributed by atoms with Crippen molar-refractivity contribution in [3.8, 4) is 17.0 Å². The summed E-state index contributed by atoms with van der Waals surface area (Å²) in [6, 6.07) is 20.0. The highest BCUT2D eigenvalue weighted by Gasteiger charge is 2.28. The molecule has 1 atom stereocenters. The number of carbonyl (C=O) groups is 2. The van der Waals surface area contributed by atoms with Gasteiger partial charge in [-0.25, -0.2) is 9.78 Å². The molecule has 0 saturated carbocycles. The molecule has 0 radical (unpaired) electrons. The summed E-state index contributed by atoms with van der Waals surface area (Å²) < 4.78 is 4.85. The molecule has 1 unspecified atom stereocenters. The third-order valence-corrected chi connectivity index (χ3v) is 4.84. The Morgan fingerprint density at radius 3 is 2.39 bits per heavy atom. The number of rotatable bonds is 5. The molecular weight excluding hydrogens is 394 g/mol. The first-order chi connectivity index (χ1) is 15.1. The number of aromatic hydroxyl groups is 1. The smallest absolute Gasteiger partial charge is 0.334 e. The summed E-state index contributed by atoms with van der Waals surface area (Å²) in [7, 11) is 1.23. The van der Waals surface area contributed by atoms with Crippen molar-refractivity contribution in [2.75, 3.05) is 7.11 Å². The monoisotopic (exact) mass is 413 g/mol. The van der Waals surface area contributed by atoms with Crippen molar-refractivity contribution in [2.24, 2.45) is 0 Å². The van der Waals surface area contributed by atoms with E-state index in [0.29, 0.717) is 22.2 Å². The van der Waals surface area contributed by atoms with E-state index in [1.54, 1.807) is 54.6 Å². The molecule has 4 aromatic rings. The molecule has 2 aromatic heterocycles. The van der Waals surface area contributed by atoms with Gasteiger partial charge in [0.05, 0.1) is 23.9 Å². The molecule has 0 aliphatic rings. The van der Waals surface area contributed by atoms with Crippen LogP contribution in [-0.4, -0.2) is 34.1 Å². The molecule has 7 nitrogen and oxygen atoms in total. The number of nitrogens with zero attached hydrogens (tertiary/aromatic N) is 2. The van der Waals surface area contributed by atoms with Crippen LogP contribution in [0.1, 0.15) is 22.1 Å². The number of pyridine rings is 2. The summed E-state index contributed by atoms with van der Waals surface area (Å²) in [6.07, 6.45) is 1.52. The number of benzene rings is 2. The van der Waals surface area contributed by atoms with Crippen molar-refractivity contribution >= 4 is 22.8 Å². The standard InChI is InChI=1S/C24H19N3O4/c1-31-24(30)21(18-13-7-8-14-25-18)27-23(29)19-16-11-5-6-12-17(16)26-20(22(19)28)15-9-3-2-4-10-15/h2-14,21,28H,1H3,(H,27,29). The van der Waals surface area contributed by atoms with E-state index >= 15 is 0 Å². The predicted molar refractivity (Wildman–Crippen MR) is 115 cm³/mol. The number of para-hydroxylation sites is 1. The van der Waals surface area contributed by atoms with Gasteiger partial charge in [0.2, 0.25) is 0 Å². The van der Waals surface area contributed by atoms with Gasteiger partial charge in [-0.3, -0.25) is 9.78 Å². The molecule has 1 amide bonds. The number of methoxy groups -OCH3 is 1. The average Bonchev–Trinajstić information content (AvgIpc) is 2.82. The van der Waals surface area contributed by atoms with Gasteiger partial charge in [-0.15, -0.1) is 0 Å². The maximum absolute atomic E-state index is 13.3. The Bertz CT molecular complexity index is 1240. The predicted octanol–water partition coefficient (Wildman–Crippen LogP) is 3.65. The number of fused-ring (bicyclic) bond motifs is 1. The molecule has 7 heteroatoms. The molecule has 0 spiro atoms. The van der Waals surface area contributed by atoms with Gasteiger partial charge in [0.15, 0.2) is 11.8 Å². The third kappa shape index (κ3) is 3.93. The van der Waals surface area contributed by atoms with Crippen LogP contribution in [0, 0.1) is 0 Å². The number of aromatic nitrogens is 2. The zero-order valence-electron chi connectivity index (χ0n) is 16.6. The van der Waals surface area contributed by atoms with Crippen LogP contribution in [0.3, 0.4) is 0 Å². The second-order valence-corrected chi connectivity index (χ2v) is 6.75. The van der Waals surface area contributed by atoms with E-state index in [2.05, 4.69) is 15.3 Å². The Labute approximate surface area is 178 Å². The Kier molecular flexibility index (Phi) is 5.57. The number of esters is 1. The van der Waals surface area contributed by atoms with Crippen LogP contribution < -0.4 is 5.32 Å². The van der Waals surface area contributed by atoms with Crippen molar-refractivity contribution in [2.45, 2.75) is 6.04 Å². The van der Waals surface area contributed by atoms with E-state index in [9.17, 15) is 14.7 Å². The highest BCUT2D eigenvalue weighted by molar-refractivity contribution is 6.11. The van der Waals surface area contributed by atoms with E-state index in [4.69, 9.17) is 4.74 Å². The molecule has 0 aliphatic heterocycles. The summed E-state index contributed by atoms with van der Waals surface area (Å²) in [4.78, 5) is 34.4. The summed E-state index contributed by atoms with van der Waals surface area (Å²) in [6.45, 7) is 0. The van der Waals surface area contributed by atoms with Crippen molar-refractivity contribution in [1.29, 1.82) is 0 Å². The molecule has 4 rings (SSSR count). The molecular formula is C24H19N3O4. The van der Waals surface area contributed by atoms with Crippen molar-refractivity contribution in [3.63, 3.8) is 0 Å². The molecule has 0 fully saturated rings. The lowest BCUT2D eigenvalue weighted by atomic mass is 10.0. The Morgan fingerprint density at radius 2 is 1.68 bits per heavy atom. The van der Waals surface area contributed by atoms with Crippen molar-refractivity contribution < 1.29 is 19.4 Å². The minimum absolute atomic E-state index is 0.0225. The first-order valence-corrected chi connectivity index (χ1v) is 9.57. The fourth-order valence-corrected chi connectivity index (χ4v) is 3.35. The largest absolute Gasteiger partial charge is 0.505 e. The summed E-state index contributed by atoms with van der Waals surface area (Å²) in [5.41, 5.74) is 1.82. The van der Waals surface area contributed by atoms with Crippen LogP contribution in [-0.2, 0) is 9.53 Å². The van der Waals surface area contributed by atoms with Crippen LogP contribution in [0.15, 0.2) is 79.0 Å². The molecule has 2 aromatic carbocycles. The number of hydrogen-bond donors (Lipinski definition) is 2. The van der Waals surface area contributed by atoms with Crippen LogP contribution in [0.4, 0.5) is 0 Å². The van der Waals surface area contributed by atoms with Gasteiger partial charge in [0, 0.05) is 17.1 Å². The number of carbonyl (C=O) groups excluding carboxylic acids is 2. The van der Waals surface area contributed by atoms with E-state index in [-0.39, 0.29) is 17.0 Å². The van der Waals surface area contributed by atoms with Gasteiger partial charge in [-0.05, 0) is 18.2 Å². The minimum atomic E-state index is -1.13. The summed E-state index contributed by atoms with van der Waals surface area (Å²) in [5, 5.41) is 14.1. The number of nitrogens with one attached hydrogen (secondary N) is 1. The fourth-order valence-electron chi connectivity index (χ4n) is 3.35. The SMILES string of the molecule is COC(=O)C(NC(=O)c1c(O)c(-c2ccccc2)nc2ccccc12)c1ccccn1. The zero-order chi connectivity index (χ0) is 21.8. The van der Waals surface area contributed by atoms with Gasteiger partial charge >= 0.3 is 5.97 Å². The van der Waals surface area contributed by atoms with Gasteiger partial charge in [0.25, 0.3) is 5.91 Å². The fraction of sp³-hybridized carbons (Fsp3) is 0.0833. The number of hydrogen-bond acceptors (Lipinski definition) is 6. The normalized spacial score (nSPS) is 11.6. The van der Waals surface area contributed by atoms with Crippen molar-refractivity contribution in [1.82, 2.24) is 15.3 Å². The minimum Gasteiger partial charge on any atom is -0.505 e. The van der Waals surface area contributed by atoms with Gasteiger partial charge in [0.1, 0.15) is 5.69 Å². The molecule has 0 bridgehead atoms. The molecule has 154 valence electrons. The maximum atomic E-state index is 13.3. The zero-order valence-corrected chi connectivity index (χ0v) is 16.6. The van der Waals surface area contributed by atoms with Crippen LogP contribution in [0.5, 0.6) is 5.75 Å². The highest BCUT2D eigenvalue weighted by atomic mass is 16.5. The average molecular weight is 413 g/mol. The quantitative estimate of drug-likeness (QED) is 0.485. The topological polar surface area (TPSA) is 101 Å². The molecule has 2 N–H and O–H groups in total. The molecule has 0 saturated heterocycles. The lowest BCUT2D eigenvalue weighted by molar-refractivity contribution is -0.143. The van der Waals surface area contributed by atoms with Crippen LogP contribution in [0.25, 0.3) is 22.2 Å². The Hall–Kier alpha value is -4.26. The maximum Gasteiger partial charge on any atom is 0.334 e. The van der Waals surface area contributed by atoms with E-state index in [1.165, 1.54) is 13.3 Å². The molecule has 0 aliphatic carbocycles. The highest BCUT2D eigenvalue weighted by Crippen LogP contribution is 2.35. The number of amides is 1. The third-order valence-electron chi connectivity index (χ3n) is 4.84. The second kappa shape index (κ2) is 8.62. The number of ether oxygens (including phenoxy) is 1. The lowest BCUT2D eigenvalue weighted by Crippen LogP contribution is -2.35. The van der Waals surface area contributed by atoms with E-state index in [1.807, 2.05) is 18.2 Å². The van der Waals surface area contributed by atoms with Crippen LogP contribution >= 0.6 is 0 Å². The van der Waals surface area contributed by atoms with Crippen LogP contribution in [0.2, 0.25) is 0 Å². The molecule has 2 heterocycles. The first kappa shape index (κ1) is 20.0. The van der Waals surface area contributed by atoms with Gasteiger partial charge in [-0.2, -0.15) is 0 Å². The lowest BCUT2D eigenvalue weighted by Gasteiger charge is -2.18. The Balaban J connectivity index is 1.83. The second-order valence-electron chi connectivity index (χ2n) is 6.75. The summed E-state index contributed by atoms with van der Waals surface area (Å²) in [5.74, 6) is -1.59.